The van der Waals surface area contributed by atoms with Crippen LogP contribution >= 0.6 is 0 Å². The van der Waals surface area contributed by atoms with Gasteiger partial charge in [0.15, 0.2) is 0 Å². The molecule has 94 valence electrons. The molecule has 0 amide bonds. The molecular formula is C13H20N2O2. The Bertz CT molecular complexity index is 431. The third-order valence-corrected chi connectivity index (χ3v) is 3.12. The van der Waals surface area contributed by atoms with E-state index in [1.807, 2.05) is 38.6 Å². The standard InChI is InChI=1S/C13H20N2O2/c1-8-10(9-6-15(5)7-14-9)11(8)12(16)17-13(2,3)4/h6-8,10-11H,1-5H3/t8-,10?,11-/m0/s1. The average molecular weight is 236 g/mol. The molecule has 2 rings (SSSR count). The Kier molecular flexibility index (Phi) is 2.76. The molecule has 0 N–H and O–H groups in total. The van der Waals surface area contributed by atoms with Crippen LogP contribution < -0.4 is 0 Å². The third-order valence-electron chi connectivity index (χ3n) is 3.12. The average Bonchev–Trinajstić information content (AvgIpc) is 2.62. The predicted molar refractivity (Wildman–Crippen MR) is 64.4 cm³/mol. The molecule has 4 heteroatoms. The molecule has 0 saturated heterocycles. The monoisotopic (exact) mass is 236 g/mol. The van der Waals surface area contributed by atoms with Crippen LogP contribution in [0.15, 0.2) is 12.5 Å². The van der Waals surface area contributed by atoms with Gasteiger partial charge >= 0.3 is 5.97 Å². The number of hydrogen-bond acceptors (Lipinski definition) is 3. The minimum absolute atomic E-state index is 0.0240. The highest BCUT2D eigenvalue weighted by Crippen LogP contribution is 2.53. The lowest BCUT2D eigenvalue weighted by molar-refractivity contribution is -0.156. The summed E-state index contributed by atoms with van der Waals surface area (Å²) in [7, 11) is 1.94. The molecule has 4 nitrogen and oxygen atoms in total. The van der Waals surface area contributed by atoms with E-state index in [0.717, 1.165) is 5.69 Å². The second-order valence-corrected chi connectivity index (χ2v) is 5.91. The molecule has 0 radical (unpaired) electrons. The van der Waals surface area contributed by atoms with Gasteiger partial charge in [-0.1, -0.05) is 6.92 Å². The minimum atomic E-state index is -0.409. The molecule has 1 unspecified atom stereocenters. The first kappa shape index (κ1) is 12.1. The summed E-state index contributed by atoms with van der Waals surface area (Å²) >= 11 is 0. The van der Waals surface area contributed by atoms with Crippen molar-refractivity contribution in [2.45, 2.75) is 39.2 Å². The Morgan fingerprint density at radius 3 is 2.59 bits per heavy atom. The van der Waals surface area contributed by atoms with E-state index in [-0.39, 0.29) is 17.8 Å². The highest BCUT2D eigenvalue weighted by Gasteiger charge is 2.55. The summed E-state index contributed by atoms with van der Waals surface area (Å²) < 4.78 is 7.33. The van der Waals surface area contributed by atoms with Crippen molar-refractivity contribution in [1.29, 1.82) is 0 Å². The van der Waals surface area contributed by atoms with E-state index < -0.39 is 5.60 Å². The van der Waals surface area contributed by atoms with Crippen molar-refractivity contribution in [3.63, 3.8) is 0 Å². The number of carbonyl (C=O) groups is 1. The molecule has 3 atom stereocenters. The molecule has 1 heterocycles. The first-order valence-electron chi connectivity index (χ1n) is 6.00. The lowest BCUT2D eigenvalue weighted by atomic mass is 10.2. The maximum Gasteiger partial charge on any atom is 0.310 e. The van der Waals surface area contributed by atoms with Crippen LogP contribution in [-0.4, -0.2) is 21.1 Å². The number of ether oxygens (including phenoxy) is 1. The van der Waals surface area contributed by atoms with Crippen LogP contribution in [0.5, 0.6) is 0 Å². The quantitative estimate of drug-likeness (QED) is 0.739. The number of carbonyl (C=O) groups excluding carboxylic acids is 1. The number of rotatable bonds is 2. The van der Waals surface area contributed by atoms with E-state index in [9.17, 15) is 4.79 Å². The van der Waals surface area contributed by atoms with Crippen LogP contribution in [0.1, 0.15) is 39.3 Å². The maximum absolute atomic E-state index is 12.0. The molecule has 0 aromatic carbocycles. The first-order valence-corrected chi connectivity index (χ1v) is 6.00. The van der Waals surface area contributed by atoms with Crippen LogP contribution in [0.4, 0.5) is 0 Å². The fraction of sp³-hybridized carbons (Fsp3) is 0.692. The van der Waals surface area contributed by atoms with E-state index in [2.05, 4.69) is 11.9 Å². The molecule has 1 fully saturated rings. The number of hydrogen-bond donors (Lipinski definition) is 0. The van der Waals surface area contributed by atoms with Gasteiger partial charge in [-0.15, -0.1) is 0 Å². The van der Waals surface area contributed by atoms with Gasteiger partial charge in [-0.2, -0.15) is 0 Å². The molecule has 0 bridgehead atoms. The molecular weight excluding hydrogens is 216 g/mol. The van der Waals surface area contributed by atoms with Gasteiger partial charge in [0.25, 0.3) is 0 Å². The molecule has 0 spiro atoms. The second-order valence-electron chi connectivity index (χ2n) is 5.91. The summed E-state index contributed by atoms with van der Waals surface area (Å²) in [6.07, 6.45) is 3.75. The van der Waals surface area contributed by atoms with Crippen LogP contribution in [0.2, 0.25) is 0 Å². The molecule has 0 aliphatic heterocycles. The largest absolute Gasteiger partial charge is 0.460 e. The molecule has 1 aromatic heterocycles. The van der Waals surface area contributed by atoms with Crippen LogP contribution in [0.3, 0.4) is 0 Å². The van der Waals surface area contributed by atoms with E-state index in [1.165, 1.54) is 0 Å². The van der Waals surface area contributed by atoms with Gasteiger partial charge < -0.3 is 9.30 Å². The molecule has 1 aliphatic rings. The Hall–Kier alpha value is -1.32. The normalized spacial score (nSPS) is 27.9. The summed E-state index contributed by atoms with van der Waals surface area (Å²) in [5, 5.41) is 0. The van der Waals surface area contributed by atoms with Crippen molar-refractivity contribution >= 4 is 5.97 Å². The molecule has 1 aromatic rings. The van der Waals surface area contributed by atoms with E-state index in [1.54, 1.807) is 6.33 Å². The van der Waals surface area contributed by atoms with Crippen molar-refractivity contribution in [1.82, 2.24) is 9.55 Å². The summed E-state index contributed by atoms with van der Waals surface area (Å²) in [5.41, 5.74) is 0.587. The van der Waals surface area contributed by atoms with Gasteiger partial charge in [0.1, 0.15) is 5.60 Å². The van der Waals surface area contributed by atoms with Gasteiger partial charge in [0.2, 0.25) is 0 Å². The third kappa shape index (κ3) is 2.51. The zero-order valence-electron chi connectivity index (χ0n) is 11.1. The Labute approximate surface area is 102 Å². The fourth-order valence-corrected chi connectivity index (χ4v) is 2.25. The predicted octanol–water partition coefficient (Wildman–Crippen LogP) is 2.11. The zero-order valence-corrected chi connectivity index (χ0v) is 11.1. The summed E-state index contributed by atoms with van der Waals surface area (Å²) in [6, 6.07) is 0. The number of esters is 1. The van der Waals surface area contributed by atoms with Crippen LogP contribution in [0, 0.1) is 11.8 Å². The van der Waals surface area contributed by atoms with Gasteiger partial charge in [-0.25, -0.2) is 4.98 Å². The van der Waals surface area contributed by atoms with Crippen LogP contribution in [0.25, 0.3) is 0 Å². The molecule has 1 aliphatic carbocycles. The summed E-state index contributed by atoms with van der Waals surface area (Å²) in [6.45, 7) is 7.77. The van der Waals surface area contributed by atoms with Gasteiger partial charge in [-0.05, 0) is 26.7 Å². The zero-order chi connectivity index (χ0) is 12.8. The second kappa shape index (κ2) is 3.86. The smallest absolute Gasteiger partial charge is 0.310 e. The Balaban J connectivity index is 2.04. The Morgan fingerprint density at radius 2 is 2.12 bits per heavy atom. The lowest BCUT2D eigenvalue weighted by Crippen LogP contribution is -2.25. The number of aryl methyl sites for hydroxylation is 1. The molecule has 17 heavy (non-hydrogen) atoms. The van der Waals surface area contributed by atoms with E-state index >= 15 is 0 Å². The highest BCUT2D eigenvalue weighted by atomic mass is 16.6. The van der Waals surface area contributed by atoms with Gasteiger partial charge in [0, 0.05) is 19.2 Å². The van der Waals surface area contributed by atoms with E-state index in [4.69, 9.17) is 4.74 Å². The van der Waals surface area contributed by atoms with Crippen molar-refractivity contribution in [2.24, 2.45) is 18.9 Å². The first-order chi connectivity index (χ1) is 7.79. The SMILES string of the molecule is C[C@H]1C(c2cn(C)cn2)[C@H]1C(=O)OC(C)(C)C. The van der Waals surface area contributed by atoms with Crippen molar-refractivity contribution in [3.8, 4) is 0 Å². The number of nitrogens with zero attached hydrogens (tertiary/aromatic N) is 2. The molecule has 1 saturated carbocycles. The number of aromatic nitrogens is 2. The minimum Gasteiger partial charge on any atom is -0.460 e. The highest BCUT2D eigenvalue weighted by molar-refractivity contribution is 5.78. The van der Waals surface area contributed by atoms with Gasteiger partial charge in [-0.3, -0.25) is 4.79 Å². The number of imidazole rings is 1. The summed E-state index contributed by atoms with van der Waals surface area (Å²) in [4.78, 5) is 16.3. The lowest BCUT2D eigenvalue weighted by Gasteiger charge is -2.19. The van der Waals surface area contributed by atoms with Crippen molar-refractivity contribution in [3.05, 3.63) is 18.2 Å². The van der Waals surface area contributed by atoms with Crippen LogP contribution in [-0.2, 0) is 16.6 Å². The van der Waals surface area contributed by atoms with Crippen molar-refractivity contribution < 1.29 is 9.53 Å². The van der Waals surface area contributed by atoms with E-state index in [0.29, 0.717) is 5.92 Å². The fourth-order valence-electron chi connectivity index (χ4n) is 2.25. The Morgan fingerprint density at radius 1 is 1.47 bits per heavy atom. The topological polar surface area (TPSA) is 44.1 Å². The van der Waals surface area contributed by atoms with Crippen molar-refractivity contribution in [2.75, 3.05) is 0 Å². The maximum atomic E-state index is 12.0. The summed E-state index contributed by atoms with van der Waals surface area (Å²) in [5.74, 6) is 0.440. The van der Waals surface area contributed by atoms with Gasteiger partial charge in [0.05, 0.1) is 17.9 Å².